The lowest BCUT2D eigenvalue weighted by molar-refractivity contribution is -0.139. The van der Waals surface area contributed by atoms with Crippen molar-refractivity contribution in [3.63, 3.8) is 0 Å². The minimum Gasteiger partial charge on any atom is -0.494 e. The van der Waals surface area contributed by atoms with Gasteiger partial charge < -0.3 is 20.9 Å². The molecule has 0 fully saturated rings. The number of nitrogens with two attached hydrogens (primary N) is 1. The first-order valence-corrected chi connectivity index (χ1v) is 11.5. The minimum absolute atomic E-state index is 0.0599. The van der Waals surface area contributed by atoms with E-state index in [4.69, 9.17) is 21.0 Å². The molecule has 190 valence electrons. The van der Waals surface area contributed by atoms with Gasteiger partial charge in [-0.1, -0.05) is 6.07 Å². The molecule has 0 heterocycles. The smallest absolute Gasteiger partial charge is 0.419 e. The lowest BCUT2D eigenvalue weighted by atomic mass is 10.1. The Balaban J connectivity index is 2.10. The highest BCUT2D eigenvalue weighted by Crippen LogP contribution is 2.39. The van der Waals surface area contributed by atoms with E-state index in [-0.39, 0.29) is 25.3 Å². The second-order valence-electron chi connectivity index (χ2n) is 7.30. The minimum atomic E-state index is -5.17. The average Bonchev–Trinajstić information content (AvgIpc) is 2.75. The SMILES string of the molecule is C[C@H](NS(=O)(=O)c1cccc(NC(=O)CCCOc2ccc(C(=N)N)cc2)c1C(F)(F)F)C(=O)O. The molecule has 0 saturated carbocycles. The zero-order chi connectivity index (χ0) is 26.4. The molecule has 0 aliphatic rings. The number of rotatable bonds is 11. The van der Waals surface area contributed by atoms with Crippen molar-refractivity contribution in [2.24, 2.45) is 5.73 Å². The van der Waals surface area contributed by atoms with Crippen molar-refractivity contribution in [3.05, 3.63) is 53.6 Å². The van der Waals surface area contributed by atoms with Crippen LogP contribution < -0.4 is 20.5 Å². The number of carbonyl (C=O) groups is 2. The summed E-state index contributed by atoms with van der Waals surface area (Å²) in [6.07, 6.45) is -5.26. The Morgan fingerprint density at radius 2 is 1.80 bits per heavy atom. The fourth-order valence-corrected chi connectivity index (χ4v) is 4.31. The largest absolute Gasteiger partial charge is 0.494 e. The summed E-state index contributed by atoms with van der Waals surface area (Å²) in [4.78, 5) is 22.0. The number of carboxylic acids is 1. The maximum Gasteiger partial charge on any atom is 0.419 e. The van der Waals surface area contributed by atoms with E-state index in [1.165, 1.54) is 0 Å². The van der Waals surface area contributed by atoms with Gasteiger partial charge in [-0.15, -0.1) is 0 Å². The molecule has 6 N–H and O–H groups in total. The third-order valence-corrected chi connectivity index (χ3v) is 6.14. The van der Waals surface area contributed by atoms with Crippen molar-refractivity contribution in [1.82, 2.24) is 4.72 Å². The summed E-state index contributed by atoms with van der Waals surface area (Å²) in [7, 11) is -4.88. The molecule has 1 atom stereocenters. The quantitative estimate of drug-likeness (QED) is 0.173. The monoisotopic (exact) mass is 516 g/mol. The Morgan fingerprint density at radius 1 is 1.17 bits per heavy atom. The summed E-state index contributed by atoms with van der Waals surface area (Å²) in [6, 6.07) is 7.15. The number of sulfonamides is 1. The fourth-order valence-electron chi connectivity index (χ4n) is 2.86. The molecule has 2 aromatic carbocycles. The highest BCUT2D eigenvalue weighted by atomic mass is 32.2. The number of nitrogen functional groups attached to an aromatic ring is 1. The Kier molecular flexibility index (Phi) is 8.82. The van der Waals surface area contributed by atoms with Crippen LogP contribution in [0.25, 0.3) is 0 Å². The van der Waals surface area contributed by atoms with Crippen LogP contribution in [0.3, 0.4) is 0 Å². The van der Waals surface area contributed by atoms with E-state index in [9.17, 15) is 31.2 Å². The van der Waals surface area contributed by atoms with Crippen LogP contribution in [-0.4, -0.2) is 43.9 Å². The number of amides is 1. The van der Waals surface area contributed by atoms with E-state index in [2.05, 4.69) is 5.32 Å². The van der Waals surface area contributed by atoms with E-state index >= 15 is 0 Å². The summed E-state index contributed by atoms with van der Waals surface area (Å²) >= 11 is 0. The Labute approximate surface area is 198 Å². The molecule has 2 rings (SSSR count). The molecular formula is C21H23F3N4O6S. The van der Waals surface area contributed by atoms with Gasteiger partial charge in [0.25, 0.3) is 0 Å². The van der Waals surface area contributed by atoms with Crippen LogP contribution in [0, 0.1) is 5.41 Å². The molecule has 10 nitrogen and oxygen atoms in total. The molecule has 0 aliphatic carbocycles. The van der Waals surface area contributed by atoms with Gasteiger partial charge in [0.1, 0.15) is 17.6 Å². The van der Waals surface area contributed by atoms with Crippen molar-refractivity contribution >= 4 is 33.4 Å². The number of alkyl halides is 3. The number of aliphatic carboxylic acids is 1. The summed E-state index contributed by atoms with van der Waals surface area (Å²) in [5.41, 5.74) is 3.44. The third kappa shape index (κ3) is 7.68. The van der Waals surface area contributed by atoms with Gasteiger partial charge in [0.05, 0.1) is 22.8 Å². The molecule has 0 spiro atoms. The van der Waals surface area contributed by atoms with E-state index in [0.717, 1.165) is 19.1 Å². The van der Waals surface area contributed by atoms with Gasteiger partial charge in [0.2, 0.25) is 15.9 Å². The summed E-state index contributed by atoms with van der Waals surface area (Å²) in [5, 5.41) is 18.3. The Morgan fingerprint density at radius 3 is 2.34 bits per heavy atom. The highest BCUT2D eigenvalue weighted by molar-refractivity contribution is 7.89. The summed E-state index contributed by atoms with van der Waals surface area (Å²) in [5.74, 6) is -2.07. The summed E-state index contributed by atoms with van der Waals surface area (Å²) < 4.78 is 73.2. The Bertz CT molecular complexity index is 1200. The molecule has 0 bridgehead atoms. The lowest BCUT2D eigenvalue weighted by Gasteiger charge is -2.19. The van der Waals surface area contributed by atoms with E-state index in [0.29, 0.717) is 17.4 Å². The van der Waals surface area contributed by atoms with Crippen LogP contribution >= 0.6 is 0 Å². The van der Waals surface area contributed by atoms with Gasteiger partial charge in [-0.3, -0.25) is 15.0 Å². The second-order valence-corrected chi connectivity index (χ2v) is 8.98. The zero-order valence-electron chi connectivity index (χ0n) is 18.3. The van der Waals surface area contributed by atoms with Crippen molar-refractivity contribution in [2.45, 2.75) is 36.9 Å². The van der Waals surface area contributed by atoms with Gasteiger partial charge >= 0.3 is 12.1 Å². The molecule has 35 heavy (non-hydrogen) atoms. The normalized spacial score (nSPS) is 12.6. The lowest BCUT2D eigenvalue weighted by Crippen LogP contribution is -2.39. The molecule has 0 radical (unpaired) electrons. The maximum atomic E-state index is 13.8. The predicted molar refractivity (Wildman–Crippen MR) is 120 cm³/mol. The van der Waals surface area contributed by atoms with Crippen LogP contribution in [0.5, 0.6) is 5.75 Å². The number of amidine groups is 1. The van der Waals surface area contributed by atoms with Gasteiger partial charge in [-0.25, -0.2) is 8.42 Å². The molecule has 0 aliphatic heterocycles. The first-order chi connectivity index (χ1) is 16.2. The molecular weight excluding hydrogens is 493 g/mol. The van der Waals surface area contributed by atoms with Gasteiger partial charge in [-0.2, -0.15) is 17.9 Å². The number of benzene rings is 2. The number of hydrogen-bond acceptors (Lipinski definition) is 6. The fraction of sp³-hybridized carbons (Fsp3) is 0.286. The molecule has 1 amide bonds. The van der Waals surface area contributed by atoms with Crippen molar-refractivity contribution in [1.29, 1.82) is 5.41 Å². The predicted octanol–water partition coefficient (Wildman–Crippen LogP) is 2.54. The second kappa shape index (κ2) is 11.2. The number of carboxylic acid groups (broad SMARTS) is 1. The van der Waals surface area contributed by atoms with E-state index in [1.807, 2.05) is 0 Å². The van der Waals surface area contributed by atoms with Crippen molar-refractivity contribution in [3.8, 4) is 5.75 Å². The number of nitrogens with one attached hydrogen (secondary N) is 3. The molecule has 0 unspecified atom stereocenters. The van der Waals surface area contributed by atoms with Crippen LogP contribution in [-0.2, 0) is 25.8 Å². The van der Waals surface area contributed by atoms with Crippen LogP contribution in [0.15, 0.2) is 47.4 Å². The van der Waals surface area contributed by atoms with Crippen LogP contribution in [0.2, 0.25) is 0 Å². The van der Waals surface area contributed by atoms with Gasteiger partial charge in [0, 0.05) is 12.0 Å². The van der Waals surface area contributed by atoms with Gasteiger partial charge in [0.15, 0.2) is 0 Å². The number of ether oxygens (including phenoxy) is 1. The molecule has 0 saturated heterocycles. The van der Waals surface area contributed by atoms with Crippen LogP contribution in [0.1, 0.15) is 30.9 Å². The first-order valence-electron chi connectivity index (χ1n) is 10.0. The highest BCUT2D eigenvalue weighted by Gasteiger charge is 2.40. The maximum absolute atomic E-state index is 13.8. The first kappa shape index (κ1) is 27.6. The third-order valence-electron chi connectivity index (χ3n) is 4.56. The topological polar surface area (TPSA) is 172 Å². The van der Waals surface area contributed by atoms with Crippen molar-refractivity contribution in [2.75, 3.05) is 11.9 Å². The van der Waals surface area contributed by atoms with E-state index in [1.54, 1.807) is 29.0 Å². The van der Waals surface area contributed by atoms with E-state index < -0.39 is 50.3 Å². The molecule has 14 heteroatoms. The average molecular weight is 516 g/mol. The number of hydrogen-bond donors (Lipinski definition) is 5. The molecule has 0 aromatic heterocycles. The number of carbonyl (C=O) groups excluding carboxylic acids is 1. The number of anilines is 1. The Hall–Kier alpha value is -3.65. The standard InChI is InChI=1S/C21H23F3N4O6S/c1-12(20(30)31)28-35(32,33)16-5-2-4-15(18(16)21(22,23)24)27-17(29)6-3-11-34-14-9-7-13(8-10-14)19(25)26/h2,4-5,7-10,12,28H,3,6,11H2,1H3,(H3,25,26)(H,27,29)(H,30,31)/t12-/m0/s1. The van der Waals surface area contributed by atoms with Crippen LogP contribution in [0.4, 0.5) is 18.9 Å². The number of halogens is 3. The summed E-state index contributed by atoms with van der Waals surface area (Å²) in [6.45, 7) is 1.02. The van der Waals surface area contributed by atoms with Gasteiger partial charge in [-0.05, 0) is 49.7 Å². The molecule has 2 aromatic rings. The zero-order valence-corrected chi connectivity index (χ0v) is 19.2. The van der Waals surface area contributed by atoms with Crippen molar-refractivity contribution < 1.29 is 41.0 Å².